The second-order valence-electron chi connectivity index (χ2n) is 18.1. The minimum atomic E-state index is -4.76. The molecule has 0 aliphatic heterocycles. The molecule has 4 N–H and O–H groups in total. The Morgan fingerprint density at radius 3 is 1.29 bits per heavy atom. The number of aliphatic hydroxyl groups excluding tert-OH is 1. The van der Waals surface area contributed by atoms with Crippen LogP contribution in [-0.4, -0.2) is 64.9 Å². The van der Waals surface area contributed by atoms with Gasteiger partial charge in [0, 0.05) is 12.8 Å². The quantitative estimate of drug-likeness (QED) is 0.0199. The van der Waals surface area contributed by atoms with E-state index >= 15 is 0 Å². The van der Waals surface area contributed by atoms with Crippen LogP contribution < -0.4 is 5.32 Å². The third-order valence-corrected chi connectivity index (χ3v) is 12.6. The zero-order valence-corrected chi connectivity index (χ0v) is 42.4. The lowest BCUT2D eigenvalue weighted by molar-refractivity contribution is -0.147. The van der Waals surface area contributed by atoms with E-state index in [1.54, 1.807) is 0 Å². The van der Waals surface area contributed by atoms with Gasteiger partial charge in [-0.05, 0) is 70.6 Å². The van der Waals surface area contributed by atoms with E-state index < -0.39 is 57.6 Å². The van der Waals surface area contributed by atoms with Crippen LogP contribution in [0.1, 0.15) is 251 Å². The van der Waals surface area contributed by atoms with E-state index in [9.17, 15) is 34.1 Å². The zero-order valence-electron chi connectivity index (χ0n) is 41.5. The van der Waals surface area contributed by atoms with Crippen molar-refractivity contribution in [3.63, 3.8) is 0 Å². The molecule has 0 aromatic rings. The molecular weight excluding hydrogens is 842 g/mol. The monoisotopic (exact) mass is 940 g/mol. The molecule has 1 amide bonds. The van der Waals surface area contributed by atoms with Gasteiger partial charge in [-0.15, -0.1) is 0 Å². The summed E-state index contributed by atoms with van der Waals surface area (Å²) in [5.74, 6) is -2.37. The van der Waals surface area contributed by atoms with Crippen LogP contribution in [-0.2, 0) is 32.7 Å². The number of carbonyl (C=O) groups excluding carboxylic acids is 2. The number of phosphoric acid groups is 1. The molecule has 0 aliphatic carbocycles. The number of carbonyl (C=O) groups is 3. The van der Waals surface area contributed by atoms with E-state index in [1.165, 1.54) is 154 Å². The summed E-state index contributed by atoms with van der Waals surface area (Å²) in [5.41, 5.74) is 0. The normalized spacial score (nSPS) is 13.8. The van der Waals surface area contributed by atoms with Gasteiger partial charge in [-0.1, -0.05) is 204 Å². The average molecular weight is 940 g/mol. The van der Waals surface area contributed by atoms with Gasteiger partial charge in [-0.25, -0.2) is 9.36 Å². The molecule has 0 saturated heterocycles. The summed E-state index contributed by atoms with van der Waals surface area (Å²) < 4.78 is 27.0. The summed E-state index contributed by atoms with van der Waals surface area (Å²) >= 11 is 0. The van der Waals surface area contributed by atoms with E-state index in [1.807, 2.05) is 0 Å². The molecule has 65 heavy (non-hydrogen) atoms. The Labute approximate surface area is 397 Å². The standard InChI is InChI=1S/C53H98NO10P/c1-3-5-7-9-11-13-15-17-19-21-23-24-25-26-27-29-31-33-35-37-39-41-43-45-52(57)62-46-49(55)47-63-65(60,61)64-48-50(53(58)59)54-51(56)44-42-40-38-36-34-32-30-28-22-20-18-16-14-12-10-8-6-4-2/h11,13,17,19-20,22,49-50,55H,3-10,12,14-16,18,21,23-48H2,1-2H3,(H,54,56)(H,58,59)(H,60,61)/b13-11-,19-17-,22-20-. The first-order valence-electron chi connectivity index (χ1n) is 26.5. The van der Waals surface area contributed by atoms with Crippen LogP contribution in [0.15, 0.2) is 36.5 Å². The molecule has 0 radical (unpaired) electrons. The summed E-state index contributed by atoms with van der Waals surface area (Å²) in [6.45, 7) is 2.60. The van der Waals surface area contributed by atoms with Crippen molar-refractivity contribution >= 4 is 25.7 Å². The third kappa shape index (κ3) is 48.0. The molecule has 0 aromatic carbocycles. The van der Waals surface area contributed by atoms with Crippen molar-refractivity contribution in [2.24, 2.45) is 0 Å². The predicted octanol–water partition coefficient (Wildman–Crippen LogP) is 14.7. The molecule has 11 nitrogen and oxygen atoms in total. The number of unbranched alkanes of at least 4 members (excludes halogenated alkanes) is 30. The number of nitrogens with one attached hydrogen (secondary N) is 1. The Hall–Kier alpha value is -2.30. The van der Waals surface area contributed by atoms with Gasteiger partial charge in [-0.2, -0.15) is 0 Å². The van der Waals surface area contributed by atoms with Crippen molar-refractivity contribution in [1.82, 2.24) is 5.32 Å². The highest BCUT2D eigenvalue weighted by Gasteiger charge is 2.28. The number of allylic oxidation sites excluding steroid dienone is 6. The van der Waals surface area contributed by atoms with E-state index in [-0.39, 0.29) is 12.8 Å². The van der Waals surface area contributed by atoms with E-state index in [4.69, 9.17) is 13.8 Å². The number of carboxylic acid groups (broad SMARTS) is 1. The molecule has 0 heterocycles. The van der Waals surface area contributed by atoms with Gasteiger partial charge < -0.3 is 25.2 Å². The average Bonchev–Trinajstić information content (AvgIpc) is 3.28. The largest absolute Gasteiger partial charge is 0.480 e. The number of aliphatic hydroxyl groups is 1. The van der Waals surface area contributed by atoms with Crippen molar-refractivity contribution in [1.29, 1.82) is 0 Å². The Morgan fingerprint density at radius 1 is 0.492 bits per heavy atom. The van der Waals surface area contributed by atoms with Gasteiger partial charge in [0.15, 0.2) is 6.04 Å². The lowest BCUT2D eigenvalue weighted by Crippen LogP contribution is -2.43. The summed E-state index contributed by atoms with van der Waals surface area (Å²) in [4.78, 5) is 46.1. The molecule has 12 heteroatoms. The maximum Gasteiger partial charge on any atom is 0.472 e. The van der Waals surface area contributed by atoms with Crippen molar-refractivity contribution in [3.05, 3.63) is 36.5 Å². The summed E-state index contributed by atoms with van der Waals surface area (Å²) in [5, 5.41) is 21.9. The molecule has 0 spiro atoms. The smallest absolute Gasteiger partial charge is 0.472 e. The van der Waals surface area contributed by atoms with Crippen LogP contribution in [0.3, 0.4) is 0 Å². The molecule has 0 aromatic heterocycles. The highest BCUT2D eigenvalue weighted by atomic mass is 31.2. The van der Waals surface area contributed by atoms with Gasteiger partial charge in [-0.3, -0.25) is 18.6 Å². The van der Waals surface area contributed by atoms with E-state index in [0.29, 0.717) is 12.8 Å². The molecule has 0 fully saturated rings. The van der Waals surface area contributed by atoms with Crippen LogP contribution in [0, 0.1) is 0 Å². The Kier molecular flexibility index (Phi) is 46.5. The minimum Gasteiger partial charge on any atom is -0.480 e. The van der Waals surface area contributed by atoms with Crippen molar-refractivity contribution in [2.45, 2.75) is 264 Å². The number of hydrogen-bond donors (Lipinski definition) is 4. The van der Waals surface area contributed by atoms with Crippen LogP contribution in [0.5, 0.6) is 0 Å². The fourth-order valence-electron chi connectivity index (χ4n) is 7.52. The Balaban J connectivity index is 3.79. The number of amides is 1. The van der Waals surface area contributed by atoms with E-state index in [0.717, 1.165) is 57.8 Å². The Bertz CT molecular complexity index is 1240. The van der Waals surface area contributed by atoms with Gasteiger partial charge in [0.2, 0.25) is 5.91 Å². The maximum absolute atomic E-state index is 12.4. The van der Waals surface area contributed by atoms with Crippen molar-refractivity contribution in [3.8, 4) is 0 Å². The van der Waals surface area contributed by atoms with Crippen LogP contribution in [0.2, 0.25) is 0 Å². The first-order chi connectivity index (χ1) is 31.6. The lowest BCUT2D eigenvalue weighted by Gasteiger charge is -2.18. The first-order valence-corrected chi connectivity index (χ1v) is 28.0. The molecule has 0 rings (SSSR count). The number of carboxylic acids is 1. The molecule has 3 atom stereocenters. The van der Waals surface area contributed by atoms with Gasteiger partial charge in [0.25, 0.3) is 0 Å². The van der Waals surface area contributed by atoms with Crippen LogP contribution in [0.4, 0.5) is 0 Å². The fourth-order valence-corrected chi connectivity index (χ4v) is 8.29. The highest BCUT2D eigenvalue weighted by Crippen LogP contribution is 2.43. The summed E-state index contributed by atoms with van der Waals surface area (Å²) in [6, 6.07) is -1.55. The van der Waals surface area contributed by atoms with Crippen LogP contribution >= 0.6 is 7.82 Å². The van der Waals surface area contributed by atoms with Gasteiger partial charge >= 0.3 is 19.8 Å². The predicted molar refractivity (Wildman–Crippen MR) is 268 cm³/mol. The van der Waals surface area contributed by atoms with Gasteiger partial charge in [0.1, 0.15) is 12.7 Å². The molecule has 0 bridgehead atoms. The van der Waals surface area contributed by atoms with Crippen LogP contribution in [0.25, 0.3) is 0 Å². The van der Waals surface area contributed by atoms with E-state index in [2.05, 4.69) is 55.6 Å². The topological polar surface area (TPSA) is 169 Å². The highest BCUT2D eigenvalue weighted by molar-refractivity contribution is 7.47. The lowest BCUT2D eigenvalue weighted by atomic mass is 10.0. The summed E-state index contributed by atoms with van der Waals surface area (Å²) in [7, 11) is -4.76. The Morgan fingerprint density at radius 2 is 0.846 bits per heavy atom. The van der Waals surface area contributed by atoms with Gasteiger partial charge in [0.05, 0.1) is 13.2 Å². The molecule has 0 saturated carbocycles. The fraction of sp³-hybridized carbons (Fsp3) is 0.830. The SMILES string of the molecule is CCCCC/C=C\C/C=C\CCCCCCCCCCCCCCCC(=O)OCC(O)COP(=O)(O)OCC(NC(=O)CCCCCCCCC/C=C\CCCCCCCCC)C(=O)O. The number of esters is 1. The molecule has 0 aliphatic rings. The first kappa shape index (κ1) is 62.7. The summed E-state index contributed by atoms with van der Waals surface area (Å²) in [6.07, 6.45) is 54.5. The third-order valence-electron chi connectivity index (χ3n) is 11.7. The van der Waals surface area contributed by atoms with Crippen molar-refractivity contribution < 1.29 is 47.8 Å². The second kappa shape index (κ2) is 48.2. The number of hydrogen-bond acceptors (Lipinski definition) is 8. The molecule has 3 unspecified atom stereocenters. The maximum atomic E-state index is 12.4. The molecule has 380 valence electrons. The second-order valence-corrected chi connectivity index (χ2v) is 19.5. The number of rotatable bonds is 50. The minimum absolute atomic E-state index is 0.142. The zero-order chi connectivity index (χ0) is 47.7. The number of ether oxygens (including phenoxy) is 1. The molecular formula is C53H98NO10P. The van der Waals surface area contributed by atoms with Crippen molar-refractivity contribution in [2.75, 3.05) is 19.8 Å². The number of phosphoric ester groups is 1. The number of aliphatic carboxylic acids is 1.